The molecule has 0 unspecified atom stereocenters. The van der Waals surface area contributed by atoms with E-state index in [0.717, 1.165) is 17.7 Å². The van der Waals surface area contributed by atoms with Gasteiger partial charge >= 0.3 is 181 Å². The van der Waals surface area contributed by atoms with Crippen LogP contribution >= 0.6 is 20.2 Å². The Labute approximate surface area is 181 Å². The second-order valence-corrected chi connectivity index (χ2v) is 12.0. The summed E-state index contributed by atoms with van der Waals surface area (Å²) < 4.78 is 72.8. The Morgan fingerprint density at radius 1 is 0.867 bits per heavy atom. The van der Waals surface area contributed by atoms with E-state index >= 15 is 0 Å². The van der Waals surface area contributed by atoms with Crippen molar-refractivity contribution >= 4 is 30.4 Å². The Bertz CT molecular complexity index is 1160. The Kier molecular flexibility index (Phi) is 6.85. The van der Waals surface area contributed by atoms with Crippen LogP contribution < -0.4 is 0 Å². The molecule has 0 fully saturated rings. The molecule has 0 bridgehead atoms. The van der Waals surface area contributed by atoms with Crippen LogP contribution in [0.2, 0.25) is 0 Å². The van der Waals surface area contributed by atoms with Gasteiger partial charge in [0, 0.05) is 0 Å². The van der Waals surface area contributed by atoms with Crippen molar-refractivity contribution in [3.8, 4) is 9.85 Å². The normalized spacial score (nSPS) is 12.1. The van der Waals surface area contributed by atoms with E-state index in [0.29, 0.717) is 9.13 Å². The minimum absolute atomic E-state index is 0.0242. The number of halogens is 4. The molecule has 3 aromatic rings. The summed E-state index contributed by atoms with van der Waals surface area (Å²) in [7, 11) is -4.12. The third-order valence-corrected chi connectivity index (χ3v) is 10.1. The van der Waals surface area contributed by atoms with Crippen LogP contribution in [-0.2, 0) is 18.8 Å². The summed E-state index contributed by atoms with van der Waals surface area (Å²) in [6, 6.07) is 19.3. The van der Waals surface area contributed by atoms with Gasteiger partial charge in [-0.1, -0.05) is 0 Å². The van der Waals surface area contributed by atoms with E-state index in [1.807, 2.05) is 13.0 Å². The van der Waals surface area contributed by atoms with Crippen molar-refractivity contribution in [2.75, 3.05) is 0 Å². The van der Waals surface area contributed by atoms with Crippen molar-refractivity contribution in [2.24, 2.45) is 0 Å². The van der Waals surface area contributed by atoms with Gasteiger partial charge in [0.15, 0.2) is 0 Å². The number of rotatable bonds is 4. The van der Waals surface area contributed by atoms with E-state index in [-0.39, 0.29) is 4.90 Å². The van der Waals surface area contributed by atoms with Crippen LogP contribution in [0.1, 0.15) is 16.7 Å². The molecular formula is C22H16F3IO3S. The van der Waals surface area contributed by atoms with Gasteiger partial charge in [0.25, 0.3) is 0 Å². The first-order valence-corrected chi connectivity index (χ1v) is 13.1. The number of hydrogen-bond acceptors (Lipinski definition) is 3. The maximum absolute atomic E-state index is 12.9. The van der Waals surface area contributed by atoms with Crippen LogP contribution in [0.3, 0.4) is 0 Å². The minimum atomic E-state index is -4.48. The van der Waals surface area contributed by atoms with Crippen LogP contribution in [0.25, 0.3) is 0 Å². The molecule has 3 rings (SSSR count). The first-order valence-electron chi connectivity index (χ1n) is 8.61. The molecule has 3 nitrogen and oxygen atoms in total. The van der Waals surface area contributed by atoms with Gasteiger partial charge in [-0.25, -0.2) is 0 Å². The summed E-state index contributed by atoms with van der Waals surface area (Å²) in [5.74, 6) is 2.88. The van der Waals surface area contributed by atoms with Gasteiger partial charge in [-0.05, 0) is 0 Å². The number of alkyl halides is 3. The van der Waals surface area contributed by atoms with Gasteiger partial charge in [-0.3, -0.25) is 0 Å². The molecule has 0 spiro atoms. The van der Waals surface area contributed by atoms with Crippen LogP contribution in [0.5, 0.6) is 0 Å². The molecule has 0 aliphatic rings. The molecule has 0 atom stereocenters. The Hall–Kier alpha value is -2.35. The van der Waals surface area contributed by atoms with Gasteiger partial charge < -0.3 is 0 Å². The first-order chi connectivity index (χ1) is 14.1. The molecule has 0 amide bonds. The molecule has 156 valence electrons. The predicted octanol–water partition coefficient (Wildman–Crippen LogP) is 6.02. The second kappa shape index (κ2) is 9.20. The summed E-state index contributed by atoms with van der Waals surface area (Å²) >= 11 is -3.18. The van der Waals surface area contributed by atoms with E-state index in [4.69, 9.17) is 2.51 Å². The maximum atomic E-state index is 12.9. The van der Waals surface area contributed by atoms with Crippen LogP contribution in [0.15, 0.2) is 83.8 Å². The molecule has 0 heterocycles. The summed E-state index contributed by atoms with van der Waals surface area (Å²) in [4.78, 5) is -0.0242. The van der Waals surface area contributed by atoms with Gasteiger partial charge in [-0.2, -0.15) is 0 Å². The first kappa shape index (κ1) is 22.3. The molecule has 0 aromatic heterocycles. The van der Waals surface area contributed by atoms with E-state index < -0.39 is 42.1 Å². The fraction of sp³-hybridized carbons (Fsp3) is 0.0909. The fourth-order valence-corrected chi connectivity index (χ4v) is 7.93. The molecule has 8 heteroatoms. The predicted molar refractivity (Wildman–Crippen MR) is 117 cm³/mol. The SMILES string of the molecule is Cc1ccc(S(=O)(=O)OI(C#Cc2ccccc2)c2ccc(C(F)(F)F)cc2)cc1. The average Bonchev–Trinajstić information content (AvgIpc) is 2.71. The topological polar surface area (TPSA) is 43.4 Å². The summed E-state index contributed by atoms with van der Waals surface area (Å²) in [6.07, 6.45) is -4.48. The van der Waals surface area contributed by atoms with E-state index in [2.05, 4.69) is 9.85 Å². The van der Waals surface area contributed by atoms with Crippen molar-refractivity contribution in [1.29, 1.82) is 0 Å². The summed E-state index contributed by atoms with van der Waals surface area (Å²) in [5, 5.41) is 0. The molecule has 0 aliphatic carbocycles. The number of hydrogen-bond donors (Lipinski definition) is 0. The summed E-state index contributed by atoms with van der Waals surface area (Å²) in [5.41, 5.74) is 0.721. The number of benzene rings is 3. The van der Waals surface area contributed by atoms with Gasteiger partial charge in [0.05, 0.1) is 0 Å². The monoisotopic (exact) mass is 544 g/mol. The van der Waals surface area contributed by atoms with Gasteiger partial charge in [0.2, 0.25) is 0 Å². The molecule has 30 heavy (non-hydrogen) atoms. The summed E-state index contributed by atoms with van der Waals surface area (Å²) in [6.45, 7) is 1.82. The van der Waals surface area contributed by atoms with Crippen LogP contribution in [0, 0.1) is 20.3 Å². The zero-order valence-corrected chi connectivity index (χ0v) is 18.6. The molecule has 0 N–H and O–H groups in total. The van der Waals surface area contributed by atoms with Gasteiger partial charge in [-0.15, -0.1) is 0 Å². The number of aryl methyl sites for hydroxylation is 1. The van der Waals surface area contributed by atoms with Crippen molar-refractivity contribution in [3.63, 3.8) is 0 Å². The third-order valence-electron chi connectivity index (χ3n) is 3.88. The zero-order chi connectivity index (χ0) is 21.8. The molecule has 0 saturated carbocycles. The quantitative estimate of drug-likeness (QED) is 0.298. The van der Waals surface area contributed by atoms with Crippen LogP contribution in [0.4, 0.5) is 13.2 Å². The van der Waals surface area contributed by atoms with E-state index in [1.54, 1.807) is 36.4 Å². The third kappa shape index (κ3) is 5.84. The standard InChI is InChI=1S/C22H16F3IO3S/c1-17-7-13-21(14-8-17)30(27,28)29-26(16-15-18-5-3-2-4-6-18)20-11-9-19(10-12-20)22(23,24)25/h2-14H,1H3. The second-order valence-electron chi connectivity index (χ2n) is 6.17. The fourth-order valence-electron chi connectivity index (χ4n) is 2.30. The Balaban J connectivity index is 1.97. The van der Waals surface area contributed by atoms with Gasteiger partial charge in [0.1, 0.15) is 0 Å². The molecule has 0 aliphatic heterocycles. The van der Waals surface area contributed by atoms with Crippen molar-refractivity contribution < 1.29 is 24.1 Å². The Morgan fingerprint density at radius 3 is 2.03 bits per heavy atom. The average molecular weight is 544 g/mol. The molecule has 0 radical (unpaired) electrons. The van der Waals surface area contributed by atoms with Crippen molar-refractivity contribution in [1.82, 2.24) is 0 Å². The van der Waals surface area contributed by atoms with Crippen LogP contribution in [-0.4, -0.2) is 8.42 Å². The molecular weight excluding hydrogens is 528 g/mol. The van der Waals surface area contributed by atoms with E-state index in [1.165, 1.54) is 24.3 Å². The van der Waals surface area contributed by atoms with E-state index in [9.17, 15) is 21.6 Å². The molecule has 0 saturated heterocycles. The molecule has 3 aromatic carbocycles. The van der Waals surface area contributed by atoms with Crippen molar-refractivity contribution in [2.45, 2.75) is 18.0 Å². The zero-order valence-electron chi connectivity index (χ0n) is 15.7. The van der Waals surface area contributed by atoms with Crippen molar-refractivity contribution in [3.05, 3.63) is 99.1 Å². The Morgan fingerprint density at radius 2 is 1.47 bits per heavy atom.